The molecule has 120 valence electrons. The number of rotatable bonds is 2. The number of hydrogen-bond donors (Lipinski definition) is 1. The zero-order valence-electron chi connectivity index (χ0n) is 14.4. The monoisotopic (exact) mass is 289 g/mol. The number of hydrogen-bond acceptors (Lipinski definition) is 1. The molecule has 0 aromatic carbocycles. The van der Waals surface area contributed by atoms with E-state index in [9.17, 15) is 0 Å². The van der Waals surface area contributed by atoms with Gasteiger partial charge < -0.3 is 5.73 Å². The fourth-order valence-corrected chi connectivity index (χ4v) is 7.99. The Bertz CT molecular complexity index is 390. The molecule has 5 aliphatic rings. The molecule has 2 N–H and O–H groups in total. The summed E-state index contributed by atoms with van der Waals surface area (Å²) in [4.78, 5) is 0. The molecule has 0 heterocycles. The fraction of sp³-hybridized carbons (Fsp3) is 1.00. The van der Waals surface area contributed by atoms with E-state index in [1.165, 1.54) is 57.8 Å². The van der Waals surface area contributed by atoms with Gasteiger partial charge in [0.15, 0.2) is 0 Å². The van der Waals surface area contributed by atoms with E-state index in [1.807, 2.05) is 0 Å². The molecule has 5 rings (SSSR count). The molecule has 1 nitrogen and oxygen atoms in total. The summed E-state index contributed by atoms with van der Waals surface area (Å²) in [6, 6.07) is 0.493. The first-order valence-corrected chi connectivity index (χ1v) is 9.63. The third-order valence-electron chi connectivity index (χ3n) is 7.83. The average Bonchev–Trinajstić information content (AvgIpc) is 2.33. The van der Waals surface area contributed by atoms with Crippen LogP contribution in [0.4, 0.5) is 0 Å². The van der Waals surface area contributed by atoms with Gasteiger partial charge in [0.2, 0.25) is 0 Å². The first-order chi connectivity index (χ1) is 9.87. The molecule has 0 aromatic rings. The van der Waals surface area contributed by atoms with Crippen LogP contribution in [0.3, 0.4) is 0 Å². The summed E-state index contributed by atoms with van der Waals surface area (Å²) in [6.45, 7) is 7.49. The van der Waals surface area contributed by atoms with Gasteiger partial charge in [-0.15, -0.1) is 0 Å². The van der Waals surface area contributed by atoms with Crippen molar-refractivity contribution < 1.29 is 0 Å². The highest BCUT2D eigenvalue weighted by Crippen LogP contribution is 2.66. The Morgan fingerprint density at radius 3 is 1.95 bits per heavy atom. The zero-order chi connectivity index (χ0) is 14.8. The molecule has 5 saturated carbocycles. The molecule has 0 amide bonds. The van der Waals surface area contributed by atoms with Gasteiger partial charge in [-0.2, -0.15) is 0 Å². The minimum absolute atomic E-state index is 0.493. The van der Waals surface area contributed by atoms with E-state index in [0.29, 0.717) is 16.9 Å². The maximum Gasteiger partial charge on any atom is 0.0125 e. The van der Waals surface area contributed by atoms with Crippen molar-refractivity contribution in [3.63, 3.8) is 0 Å². The van der Waals surface area contributed by atoms with Crippen molar-refractivity contribution in [2.24, 2.45) is 46.2 Å². The SMILES string of the molecule is CC1CC(C)CC(C(N)C23CC4CC(CC(C)(C4)C2)C3)C1. The van der Waals surface area contributed by atoms with E-state index in [0.717, 1.165) is 29.6 Å². The molecule has 5 aliphatic carbocycles. The zero-order valence-corrected chi connectivity index (χ0v) is 14.4. The third-order valence-corrected chi connectivity index (χ3v) is 7.83. The second-order valence-corrected chi connectivity index (χ2v) is 10.3. The summed E-state index contributed by atoms with van der Waals surface area (Å²) < 4.78 is 0. The highest BCUT2D eigenvalue weighted by Gasteiger charge is 2.58. The number of nitrogens with two attached hydrogens (primary N) is 1. The Morgan fingerprint density at radius 1 is 0.857 bits per heavy atom. The predicted molar refractivity (Wildman–Crippen MR) is 88.9 cm³/mol. The normalized spacial score (nSPS) is 57.4. The molecule has 1 heteroatoms. The molecule has 0 saturated heterocycles. The maximum atomic E-state index is 7.03. The summed E-state index contributed by atoms with van der Waals surface area (Å²) in [5.74, 6) is 4.63. The van der Waals surface area contributed by atoms with Crippen LogP contribution in [-0.2, 0) is 0 Å². The third kappa shape index (κ3) is 2.38. The van der Waals surface area contributed by atoms with E-state index in [2.05, 4.69) is 20.8 Å². The van der Waals surface area contributed by atoms with Crippen molar-refractivity contribution in [2.75, 3.05) is 0 Å². The average molecular weight is 290 g/mol. The Morgan fingerprint density at radius 2 is 1.43 bits per heavy atom. The smallest absolute Gasteiger partial charge is 0.0125 e. The van der Waals surface area contributed by atoms with Gasteiger partial charge in [0.1, 0.15) is 0 Å². The van der Waals surface area contributed by atoms with Gasteiger partial charge in [0.05, 0.1) is 0 Å². The fourth-order valence-electron chi connectivity index (χ4n) is 7.99. The summed E-state index contributed by atoms with van der Waals surface area (Å²) in [5.41, 5.74) is 8.21. The van der Waals surface area contributed by atoms with Gasteiger partial charge in [0, 0.05) is 6.04 Å². The lowest BCUT2D eigenvalue weighted by Gasteiger charge is -2.64. The molecule has 5 unspecified atom stereocenters. The molecule has 21 heavy (non-hydrogen) atoms. The summed E-state index contributed by atoms with van der Waals surface area (Å²) >= 11 is 0. The topological polar surface area (TPSA) is 26.0 Å². The Labute approximate surface area is 131 Å². The van der Waals surface area contributed by atoms with Crippen molar-refractivity contribution in [1.29, 1.82) is 0 Å². The van der Waals surface area contributed by atoms with Gasteiger partial charge in [-0.3, -0.25) is 0 Å². The molecule has 4 bridgehead atoms. The van der Waals surface area contributed by atoms with E-state index in [-0.39, 0.29) is 0 Å². The van der Waals surface area contributed by atoms with E-state index < -0.39 is 0 Å². The van der Waals surface area contributed by atoms with Crippen molar-refractivity contribution in [2.45, 2.75) is 84.6 Å². The van der Waals surface area contributed by atoms with Gasteiger partial charge in [-0.25, -0.2) is 0 Å². The largest absolute Gasteiger partial charge is 0.327 e. The van der Waals surface area contributed by atoms with Crippen LogP contribution in [0.25, 0.3) is 0 Å². The van der Waals surface area contributed by atoms with Crippen molar-refractivity contribution in [1.82, 2.24) is 0 Å². The van der Waals surface area contributed by atoms with E-state index in [4.69, 9.17) is 5.73 Å². The van der Waals surface area contributed by atoms with Crippen LogP contribution in [0, 0.1) is 40.4 Å². The standard InChI is InChI=1S/C20H35N/c1-13-4-14(2)6-17(5-13)18(21)20-10-15-7-16(11-20)9-19(3,8-15)12-20/h13-18H,4-12,21H2,1-3H3. The Kier molecular flexibility index (Phi) is 3.27. The first-order valence-electron chi connectivity index (χ1n) is 9.63. The second kappa shape index (κ2) is 4.73. The van der Waals surface area contributed by atoms with Crippen LogP contribution in [-0.4, -0.2) is 6.04 Å². The summed E-state index contributed by atoms with van der Waals surface area (Å²) in [6.07, 6.45) is 13.2. The van der Waals surface area contributed by atoms with Crippen LogP contribution in [0.1, 0.15) is 78.6 Å². The minimum Gasteiger partial charge on any atom is -0.327 e. The van der Waals surface area contributed by atoms with E-state index >= 15 is 0 Å². The van der Waals surface area contributed by atoms with Crippen molar-refractivity contribution in [3.05, 3.63) is 0 Å². The van der Waals surface area contributed by atoms with Crippen LogP contribution in [0.2, 0.25) is 0 Å². The Hall–Kier alpha value is -0.0400. The second-order valence-electron chi connectivity index (χ2n) is 10.3. The highest BCUT2D eigenvalue weighted by molar-refractivity contribution is 5.10. The predicted octanol–water partition coefficient (Wildman–Crippen LogP) is 4.99. The minimum atomic E-state index is 0.493. The maximum absolute atomic E-state index is 7.03. The molecule has 0 radical (unpaired) electrons. The molecule has 0 aromatic heterocycles. The molecular weight excluding hydrogens is 254 g/mol. The lowest BCUT2D eigenvalue weighted by atomic mass is 9.42. The van der Waals surface area contributed by atoms with Gasteiger partial charge in [-0.1, -0.05) is 20.8 Å². The van der Waals surface area contributed by atoms with Gasteiger partial charge >= 0.3 is 0 Å². The quantitative estimate of drug-likeness (QED) is 0.761. The first kappa shape index (κ1) is 14.5. The summed E-state index contributed by atoms with van der Waals surface area (Å²) in [5, 5.41) is 0. The van der Waals surface area contributed by atoms with Crippen LogP contribution < -0.4 is 5.73 Å². The molecule has 0 aliphatic heterocycles. The van der Waals surface area contributed by atoms with Crippen molar-refractivity contribution >= 4 is 0 Å². The van der Waals surface area contributed by atoms with Crippen molar-refractivity contribution in [3.8, 4) is 0 Å². The van der Waals surface area contributed by atoms with Crippen LogP contribution in [0.5, 0.6) is 0 Å². The molecule has 5 fully saturated rings. The molecule has 5 atom stereocenters. The van der Waals surface area contributed by atoms with Crippen LogP contribution >= 0.6 is 0 Å². The molecule has 0 spiro atoms. The van der Waals surface area contributed by atoms with Crippen LogP contribution in [0.15, 0.2) is 0 Å². The molecular formula is C20H35N. The van der Waals surface area contributed by atoms with E-state index in [1.54, 1.807) is 0 Å². The highest BCUT2D eigenvalue weighted by atomic mass is 14.8. The lowest BCUT2D eigenvalue weighted by Crippen LogP contribution is -2.60. The van der Waals surface area contributed by atoms with Gasteiger partial charge in [-0.05, 0) is 98.2 Å². The Balaban J connectivity index is 1.57. The summed E-state index contributed by atoms with van der Waals surface area (Å²) in [7, 11) is 0. The lowest BCUT2D eigenvalue weighted by molar-refractivity contribution is -0.123. The van der Waals surface area contributed by atoms with Gasteiger partial charge in [0.25, 0.3) is 0 Å².